The molecule has 0 radical (unpaired) electrons. The molecule has 8 nitrogen and oxygen atoms in total. The number of rotatable bonds is 5. The van der Waals surface area contributed by atoms with Gasteiger partial charge in [-0.1, -0.05) is 17.7 Å². The first-order valence-corrected chi connectivity index (χ1v) is 9.43. The lowest BCUT2D eigenvalue weighted by Crippen LogP contribution is -2.36. The van der Waals surface area contributed by atoms with Crippen LogP contribution in [-0.2, 0) is 9.59 Å². The number of benzene rings is 2. The van der Waals surface area contributed by atoms with Gasteiger partial charge in [-0.05, 0) is 61.0 Å². The van der Waals surface area contributed by atoms with Gasteiger partial charge in [0.1, 0.15) is 6.54 Å². The summed E-state index contributed by atoms with van der Waals surface area (Å²) in [6.07, 6.45) is 1.47. The van der Waals surface area contributed by atoms with Crippen molar-refractivity contribution >= 4 is 46.3 Å². The Balaban J connectivity index is 1.69. The highest BCUT2D eigenvalue weighted by molar-refractivity contribution is 8.18. The van der Waals surface area contributed by atoms with E-state index in [2.05, 4.69) is 5.32 Å². The van der Waals surface area contributed by atoms with E-state index in [4.69, 9.17) is 0 Å². The quantitative estimate of drug-likeness (QED) is 0.454. The van der Waals surface area contributed by atoms with Crippen molar-refractivity contribution in [2.24, 2.45) is 0 Å². The van der Waals surface area contributed by atoms with E-state index < -0.39 is 28.5 Å². The number of imide groups is 1. The zero-order valence-corrected chi connectivity index (χ0v) is 16.5. The molecule has 1 saturated heterocycles. The number of amides is 3. The molecule has 0 saturated carbocycles. The fraction of sp³-hybridized carbons (Fsp3) is 0.150. The third-order valence-electron chi connectivity index (χ3n) is 4.23. The van der Waals surface area contributed by atoms with E-state index in [-0.39, 0.29) is 10.6 Å². The molecule has 3 rings (SSSR count). The minimum Gasteiger partial charge on any atom is -0.324 e. The van der Waals surface area contributed by atoms with E-state index in [1.807, 2.05) is 26.0 Å². The maximum Gasteiger partial charge on any atom is 0.294 e. The number of hydrogen-bond donors (Lipinski definition) is 1. The summed E-state index contributed by atoms with van der Waals surface area (Å²) < 4.78 is 0. The highest BCUT2D eigenvalue weighted by Gasteiger charge is 2.36. The van der Waals surface area contributed by atoms with Crippen LogP contribution in [0.2, 0.25) is 0 Å². The highest BCUT2D eigenvalue weighted by atomic mass is 32.2. The lowest BCUT2D eigenvalue weighted by molar-refractivity contribution is -0.384. The summed E-state index contributed by atoms with van der Waals surface area (Å²) in [5.41, 5.74) is 3.03. The molecule has 1 fully saturated rings. The molecule has 0 spiro atoms. The maximum atomic E-state index is 12.5. The molecule has 1 aliphatic rings. The minimum absolute atomic E-state index is 0.0710. The molecule has 0 atom stereocenters. The first-order chi connectivity index (χ1) is 13.7. The zero-order chi connectivity index (χ0) is 21.1. The third-order valence-corrected chi connectivity index (χ3v) is 5.14. The van der Waals surface area contributed by atoms with Crippen molar-refractivity contribution in [3.63, 3.8) is 0 Å². The van der Waals surface area contributed by atoms with Crippen LogP contribution in [0.5, 0.6) is 0 Å². The largest absolute Gasteiger partial charge is 0.324 e. The van der Waals surface area contributed by atoms with Gasteiger partial charge in [0.25, 0.3) is 16.8 Å². The first-order valence-electron chi connectivity index (χ1n) is 8.61. The van der Waals surface area contributed by atoms with Gasteiger partial charge in [0, 0.05) is 17.8 Å². The summed E-state index contributed by atoms with van der Waals surface area (Å²) in [6, 6.07) is 11.1. The maximum absolute atomic E-state index is 12.5. The second-order valence-corrected chi connectivity index (χ2v) is 7.48. The molecule has 1 N–H and O–H groups in total. The average molecular weight is 411 g/mol. The van der Waals surface area contributed by atoms with E-state index in [1.54, 1.807) is 6.07 Å². The number of nitrogens with zero attached hydrogens (tertiary/aromatic N) is 2. The smallest absolute Gasteiger partial charge is 0.294 e. The molecule has 0 bridgehead atoms. The van der Waals surface area contributed by atoms with Crippen LogP contribution in [0.4, 0.5) is 16.2 Å². The average Bonchev–Trinajstić information content (AvgIpc) is 2.92. The molecule has 2 aromatic carbocycles. The number of anilines is 1. The molecule has 1 heterocycles. The van der Waals surface area contributed by atoms with Gasteiger partial charge in [-0.2, -0.15) is 0 Å². The Labute approximate surface area is 170 Å². The Morgan fingerprint density at radius 3 is 2.48 bits per heavy atom. The second kappa shape index (κ2) is 8.27. The Kier molecular flexibility index (Phi) is 5.79. The number of carbonyl (C=O) groups is 3. The number of non-ortho nitro benzene ring substituents is 1. The molecule has 9 heteroatoms. The number of thioether (sulfide) groups is 1. The number of hydrogen-bond acceptors (Lipinski definition) is 6. The molecule has 0 aliphatic carbocycles. The second-order valence-electron chi connectivity index (χ2n) is 6.48. The molecule has 2 aromatic rings. The van der Waals surface area contributed by atoms with Gasteiger partial charge in [-0.15, -0.1) is 0 Å². The van der Waals surface area contributed by atoms with Gasteiger partial charge >= 0.3 is 0 Å². The summed E-state index contributed by atoms with van der Waals surface area (Å²) in [5.74, 6) is -1.05. The van der Waals surface area contributed by atoms with Crippen LogP contribution in [0.1, 0.15) is 16.7 Å². The summed E-state index contributed by atoms with van der Waals surface area (Å²) in [4.78, 5) is 48.2. The topological polar surface area (TPSA) is 110 Å². The third kappa shape index (κ3) is 4.69. The molecule has 148 valence electrons. The summed E-state index contributed by atoms with van der Waals surface area (Å²) in [5, 5.41) is 12.9. The first kappa shape index (κ1) is 20.3. The summed E-state index contributed by atoms with van der Waals surface area (Å²) in [6.45, 7) is 3.40. The normalized spacial score (nSPS) is 15.1. The fourth-order valence-electron chi connectivity index (χ4n) is 2.77. The van der Waals surface area contributed by atoms with Crippen molar-refractivity contribution in [3.8, 4) is 0 Å². The highest BCUT2D eigenvalue weighted by Crippen LogP contribution is 2.32. The van der Waals surface area contributed by atoms with Crippen molar-refractivity contribution in [2.75, 3.05) is 11.9 Å². The standard InChI is InChI=1S/C20H17N3O5S/c1-12-3-8-16(13(2)9-12)21-18(24)11-22-19(25)17(29-20(22)26)10-14-4-6-15(7-5-14)23(27)28/h3-10H,11H2,1-2H3,(H,21,24)/b17-10+. The number of aryl methyl sites for hydroxylation is 2. The van der Waals surface area contributed by atoms with Crippen LogP contribution in [-0.4, -0.2) is 33.4 Å². The van der Waals surface area contributed by atoms with Gasteiger partial charge in [-0.3, -0.25) is 29.4 Å². The number of nitro groups is 1. The molecule has 0 aromatic heterocycles. The molecular formula is C20H17N3O5S. The lowest BCUT2D eigenvalue weighted by atomic mass is 10.1. The van der Waals surface area contributed by atoms with Crippen LogP contribution < -0.4 is 5.32 Å². The van der Waals surface area contributed by atoms with Crippen molar-refractivity contribution in [1.82, 2.24) is 4.90 Å². The van der Waals surface area contributed by atoms with E-state index >= 15 is 0 Å². The Hall–Kier alpha value is -3.46. The predicted molar refractivity (Wildman–Crippen MR) is 110 cm³/mol. The van der Waals surface area contributed by atoms with Crippen molar-refractivity contribution in [2.45, 2.75) is 13.8 Å². The van der Waals surface area contributed by atoms with Crippen molar-refractivity contribution in [1.29, 1.82) is 0 Å². The van der Waals surface area contributed by atoms with E-state index in [0.29, 0.717) is 11.3 Å². The monoisotopic (exact) mass is 411 g/mol. The van der Waals surface area contributed by atoms with Crippen LogP contribution in [0.3, 0.4) is 0 Å². The van der Waals surface area contributed by atoms with Crippen LogP contribution in [0.15, 0.2) is 47.4 Å². The van der Waals surface area contributed by atoms with Gasteiger partial charge < -0.3 is 5.32 Å². The van der Waals surface area contributed by atoms with Crippen LogP contribution in [0.25, 0.3) is 6.08 Å². The molecule has 3 amide bonds. The Morgan fingerprint density at radius 1 is 1.17 bits per heavy atom. The minimum atomic E-state index is -0.575. The number of nitro benzene ring substituents is 1. The lowest BCUT2D eigenvalue weighted by Gasteiger charge is -2.14. The molecule has 1 aliphatic heterocycles. The van der Waals surface area contributed by atoms with E-state index in [0.717, 1.165) is 27.8 Å². The zero-order valence-electron chi connectivity index (χ0n) is 15.7. The van der Waals surface area contributed by atoms with Crippen molar-refractivity contribution < 1.29 is 19.3 Å². The van der Waals surface area contributed by atoms with Crippen LogP contribution >= 0.6 is 11.8 Å². The summed E-state index contributed by atoms with van der Waals surface area (Å²) >= 11 is 0.725. The molecule has 0 unspecified atom stereocenters. The number of carbonyl (C=O) groups excluding carboxylic acids is 3. The SMILES string of the molecule is Cc1ccc(NC(=O)CN2C(=O)S/C(=C/c3ccc([N+](=O)[O-])cc3)C2=O)c(C)c1. The molecule has 29 heavy (non-hydrogen) atoms. The van der Waals surface area contributed by atoms with Crippen molar-refractivity contribution in [3.05, 3.63) is 74.2 Å². The van der Waals surface area contributed by atoms with E-state index in [9.17, 15) is 24.5 Å². The Bertz CT molecular complexity index is 1050. The van der Waals surface area contributed by atoms with Gasteiger partial charge in [0.05, 0.1) is 9.83 Å². The number of nitrogens with one attached hydrogen (secondary N) is 1. The van der Waals surface area contributed by atoms with Gasteiger partial charge in [0.15, 0.2) is 0 Å². The molecular weight excluding hydrogens is 394 g/mol. The summed E-state index contributed by atoms with van der Waals surface area (Å²) in [7, 11) is 0. The predicted octanol–water partition coefficient (Wildman–Crippen LogP) is 3.89. The van der Waals surface area contributed by atoms with Gasteiger partial charge in [0.2, 0.25) is 5.91 Å². The Morgan fingerprint density at radius 2 is 1.86 bits per heavy atom. The fourth-order valence-corrected chi connectivity index (χ4v) is 3.61. The van der Waals surface area contributed by atoms with Crippen LogP contribution in [0, 0.1) is 24.0 Å². The van der Waals surface area contributed by atoms with Gasteiger partial charge in [-0.25, -0.2) is 0 Å². The van der Waals surface area contributed by atoms with E-state index in [1.165, 1.54) is 30.3 Å².